The third-order valence-electron chi connectivity index (χ3n) is 8.15. The average molecular weight is 605 g/mol. The van der Waals surface area contributed by atoms with Crippen molar-refractivity contribution in [3.8, 4) is 0 Å². The van der Waals surface area contributed by atoms with Gasteiger partial charge in [-0.05, 0) is 40.9 Å². The Morgan fingerprint density at radius 1 is 0.947 bits per heavy atom. The van der Waals surface area contributed by atoms with E-state index in [-0.39, 0.29) is 43.5 Å². The molecule has 0 radical (unpaired) electrons. The van der Waals surface area contributed by atoms with Crippen molar-refractivity contribution in [3.63, 3.8) is 0 Å². The Bertz CT molecular complexity index is 1180. The van der Waals surface area contributed by atoms with Crippen LogP contribution in [0.2, 0.25) is 0 Å². The Balaban J connectivity index is 0.000000177. The average Bonchev–Trinajstić information content (AvgIpc) is 3.33. The number of nitrogens with one attached hydrogen (secondary N) is 1. The number of rotatable bonds is 2. The van der Waals surface area contributed by atoms with E-state index in [1.807, 2.05) is 0 Å². The maximum absolute atomic E-state index is 12.3. The fraction of sp³-hybridized carbons (Fsp3) is 0.607. The monoisotopic (exact) mass is 603 g/mol. The molecule has 1 saturated heterocycles. The Hall–Kier alpha value is -1.31. The van der Waals surface area contributed by atoms with Crippen LogP contribution in [0.15, 0.2) is 22.2 Å². The molecule has 3 fully saturated rings. The van der Waals surface area contributed by atoms with Gasteiger partial charge in [0, 0.05) is 18.4 Å². The topological polar surface area (TPSA) is 96.0 Å². The van der Waals surface area contributed by atoms with Gasteiger partial charge in [0.05, 0.1) is 10.8 Å². The highest BCUT2D eigenvalue weighted by atomic mass is 35.5. The molecular weight excluding hydrogens is 572 g/mol. The van der Waals surface area contributed by atoms with Crippen LogP contribution in [-0.2, 0) is 31.7 Å². The number of carbonyl (C=O) groups is 3. The zero-order chi connectivity index (χ0) is 28.7. The van der Waals surface area contributed by atoms with Gasteiger partial charge in [-0.2, -0.15) is 0 Å². The summed E-state index contributed by atoms with van der Waals surface area (Å²) >= 11 is 24.1. The van der Waals surface area contributed by atoms with Crippen molar-refractivity contribution in [3.05, 3.63) is 44.5 Å². The molecule has 6 nitrogen and oxygen atoms in total. The number of ketones is 2. The lowest BCUT2D eigenvalue weighted by atomic mass is 9.71. The largest absolute Gasteiger partial charge is 0.465 e. The quantitative estimate of drug-likeness (QED) is 0.294. The molecule has 6 unspecified atom stereocenters. The normalized spacial score (nSPS) is 33.4. The third-order valence-corrected chi connectivity index (χ3v) is 10.2. The van der Waals surface area contributed by atoms with Crippen molar-refractivity contribution in [2.45, 2.75) is 94.2 Å². The van der Waals surface area contributed by atoms with Gasteiger partial charge in [0.25, 0.3) is 0 Å². The molecule has 0 spiro atoms. The summed E-state index contributed by atoms with van der Waals surface area (Å²) in [5.41, 5.74) is 2.36. The first kappa shape index (κ1) is 29.7. The minimum atomic E-state index is -1.19. The van der Waals surface area contributed by atoms with Crippen LogP contribution in [0, 0.1) is 18.8 Å². The van der Waals surface area contributed by atoms with E-state index in [0.717, 1.165) is 5.56 Å². The molecule has 5 rings (SSSR count). The molecule has 1 amide bonds. The maximum Gasteiger partial charge on any atom is 0.404 e. The molecule has 2 N–H and O–H groups in total. The SMILES string of the molecule is Cc1cc(C(C)(C)C)c(CNC(=O)O)c(C(C)(C)C)c1.O=C1C(Cl)=C(Cl)C(=O)C23OC12C1CC3C(Cl)C1Cl. The molecule has 6 atom stereocenters. The summed E-state index contributed by atoms with van der Waals surface area (Å²) in [7, 11) is 0. The third kappa shape index (κ3) is 4.21. The van der Waals surface area contributed by atoms with Gasteiger partial charge >= 0.3 is 6.09 Å². The number of amides is 1. The molecular formula is C28H33Cl4NO5. The lowest BCUT2D eigenvalue weighted by Gasteiger charge is -2.31. The molecule has 1 aromatic carbocycles. The van der Waals surface area contributed by atoms with E-state index in [1.165, 1.54) is 16.7 Å². The second-order valence-corrected chi connectivity index (χ2v) is 14.5. The van der Waals surface area contributed by atoms with E-state index in [9.17, 15) is 14.4 Å². The smallest absolute Gasteiger partial charge is 0.404 e. The van der Waals surface area contributed by atoms with Gasteiger partial charge in [-0.15, -0.1) is 23.2 Å². The van der Waals surface area contributed by atoms with Crippen LogP contribution in [0.1, 0.15) is 70.2 Å². The molecule has 10 heteroatoms. The number of hydrogen-bond acceptors (Lipinski definition) is 4. The molecule has 2 bridgehead atoms. The molecule has 4 aliphatic rings. The fourth-order valence-corrected chi connectivity index (χ4v) is 7.85. The summed E-state index contributed by atoms with van der Waals surface area (Å²) in [5, 5.41) is 10.2. The zero-order valence-electron chi connectivity index (χ0n) is 22.5. The van der Waals surface area contributed by atoms with Crippen LogP contribution in [0.4, 0.5) is 4.79 Å². The number of Topliss-reactive ketones (excluding diaryl/α,β-unsaturated/α-hetero) is 2. The van der Waals surface area contributed by atoms with Gasteiger partial charge in [-0.25, -0.2) is 4.79 Å². The molecule has 3 aliphatic carbocycles. The van der Waals surface area contributed by atoms with Crippen molar-refractivity contribution in [1.82, 2.24) is 5.32 Å². The van der Waals surface area contributed by atoms with Crippen LogP contribution in [-0.4, -0.2) is 44.7 Å². The second kappa shape index (κ2) is 9.37. The van der Waals surface area contributed by atoms with Gasteiger partial charge in [0.2, 0.25) is 11.6 Å². The van der Waals surface area contributed by atoms with Gasteiger partial charge in [0.15, 0.2) is 11.2 Å². The summed E-state index contributed by atoms with van der Waals surface area (Å²) in [4.78, 5) is 35.5. The molecule has 2 saturated carbocycles. The summed E-state index contributed by atoms with van der Waals surface area (Å²) in [5.74, 6) is -1.37. The molecule has 1 heterocycles. The van der Waals surface area contributed by atoms with Crippen LogP contribution in [0.5, 0.6) is 0 Å². The predicted octanol–water partition coefficient (Wildman–Crippen LogP) is 6.56. The van der Waals surface area contributed by atoms with Gasteiger partial charge < -0.3 is 15.2 Å². The number of ether oxygens (including phenoxy) is 1. The van der Waals surface area contributed by atoms with E-state index in [2.05, 4.69) is 65.9 Å². The van der Waals surface area contributed by atoms with E-state index >= 15 is 0 Å². The first-order chi connectivity index (χ1) is 17.3. The number of benzene rings is 1. The molecule has 38 heavy (non-hydrogen) atoms. The van der Waals surface area contributed by atoms with Gasteiger partial charge in [0.1, 0.15) is 10.1 Å². The van der Waals surface area contributed by atoms with Crippen LogP contribution in [0.3, 0.4) is 0 Å². The molecule has 1 aromatic rings. The Morgan fingerprint density at radius 2 is 1.34 bits per heavy atom. The van der Waals surface area contributed by atoms with Gasteiger partial charge in [-0.3, -0.25) is 9.59 Å². The number of aryl methyl sites for hydroxylation is 1. The highest BCUT2D eigenvalue weighted by molar-refractivity contribution is 6.58. The van der Waals surface area contributed by atoms with E-state index in [4.69, 9.17) is 56.2 Å². The van der Waals surface area contributed by atoms with Crippen molar-refractivity contribution < 1.29 is 24.2 Å². The van der Waals surface area contributed by atoms with E-state index < -0.39 is 28.9 Å². The van der Waals surface area contributed by atoms with Crippen LogP contribution >= 0.6 is 46.4 Å². The number of hydrogen-bond donors (Lipinski definition) is 2. The minimum absolute atomic E-state index is 0.0124. The molecule has 208 valence electrons. The highest BCUT2D eigenvalue weighted by Gasteiger charge is 2.93. The minimum Gasteiger partial charge on any atom is -0.465 e. The van der Waals surface area contributed by atoms with Gasteiger partial charge in [-0.1, -0.05) is 82.4 Å². The Morgan fingerprint density at radius 3 is 1.68 bits per heavy atom. The predicted molar refractivity (Wildman–Crippen MR) is 150 cm³/mol. The maximum atomic E-state index is 12.3. The standard InChI is InChI=1S/C17H27NO2.C11H6Cl4O3/c1-11-8-13(16(2,3)4)12(10-18-15(19)20)14(9-11)17(5,6)7;12-4-2-1-3(5(4)13)11-9(17)7(15)6(14)8(16)10(2,11)18-11/h8-9,18H,10H2,1-7H3,(H,19,20);2-5H,1H2. The van der Waals surface area contributed by atoms with Crippen molar-refractivity contribution >= 4 is 64.1 Å². The zero-order valence-corrected chi connectivity index (χ0v) is 25.5. The van der Waals surface area contributed by atoms with Crippen LogP contribution in [0.25, 0.3) is 0 Å². The Kier molecular flexibility index (Phi) is 7.32. The number of carbonyl (C=O) groups excluding carboxylic acids is 2. The fourth-order valence-electron chi connectivity index (χ4n) is 6.49. The van der Waals surface area contributed by atoms with Crippen molar-refractivity contribution in [1.29, 1.82) is 0 Å². The Labute approximate surface area is 243 Å². The number of carboxylic acid groups (broad SMARTS) is 1. The number of fused-ring (bicyclic) bond motifs is 2. The van der Waals surface area contributed by atoms with E-state index in [0.29, 0.717) is 13.0 Å². The lowest BCUT2D eigenvalue weighted by Crippen LogP contribution is -2.53. The first-order valence-electron chi connectivity index (χ1n) is 12.6. The van der Waals surface area contributed by atoms with Crippen molar-refractivity contribution in [2.75, 3.05) is 0 Å². The second-order valence-electron chi connectivity index (χ2n) is 12.7. The molecule has 0 aromatic heterocycles. The van der Waals surface area contributed by atoms with Crippen LogP contribution < -0.4 is 5.32 Å². The summed E-state index contributed by atoms with van der Waals surface area (Å²) in [6.45, 7) is 15.4. The summed E-state index contributed by atoms with van der Waals surface area (Å²) < 4.78 is 5.60. The number of halogens is 4. The highest BCUT2D eigenvalue weighted by Crippen LogP contribution is 2.76. The summed E-state index contributed by atoms with van der Waals surface area (Å²) in [6.07, 6.45) is -0.376. The number of alkyl halides is 2. The first-order valence-corrected chi connectivity index (χ1v) is 14.2. The van der Waals surface area contributed by atoms with E-state index in [1.54, 1.807) is 0 Å². The van der Waals surface area contributed by atoms with Crippen molar-refractivity contribution in [2.24, 2.45) is 11.8 Å². The number of epoxide rings is 1. The lowest BCUT2D eigenvalue weighted by molar-refractivity contribution is -0.125. The summed E-state index contributed by atoms with van der Waals surface area (Å²) in [6, 6.07) is 4.35. The molecule has 1 aliphatic heterocycles.